The number of hydrogen-bond acceptors (Lipinski definition) is 5. The van der Waals surface area contributed by atoms with E-state index in [0.29, 0.717) is 12.1 Å². The maximum atomic E-state index is 12.6. The first kappa shape index (κ1) is 15.7. The van der Waals surface area contributed by atoms with E-state index in [2.05, 4.69) is 20.2 Å². The monoisotopic (exact) mass is 335 g/mol. The van der Waals surface area contributed by atoms with Gasteiger partial charge in [-0.05, 0) is 5.56 Å². The zero-order valence-corrected chi connectivity index (χ0v) is 12.2. The van der Waals surface area contributed by atoms with Gasteiger partial charge in [-0.25, -0.2) is 14.6 Å². The third kappa shape index (κ3) is 3.12. The standard InChI is InChI=1S/C14H12F3N7/c15-14(16,17)13-21-12(22-23-13)10-7-24(19)11(18)9(20-10)6-8-4-2-1-3-5-8/h1-5,7,18H,6,19H2,(H,21,22,23). The molecule has 0 amide bonds. The van der Waals surface area contributed by atoms with Gasteiger partial charge in [-0.1, -0.05) is 30.3 Å². The molecule has 0 aliphatic carbocycles. The van der Waals surface area contributed by atoms with Crippen LogP contribution in [0.4, 0.5) is 13.2 Å². The van der Waals surface area contributed by atoms with Crippen molar-refractivity contribution in [3.05, 3.63) is 59.1 Å². The van der Waals surface area contributed by atoms with Crippen LogP contribution >= 0.6 is 0 Å². The van der Waals surface area contributed by atoms with Gasteiger partial charge in [0.25, 0.3) is 5.82 Å². The molecule has 2 aromatic heterocycles. The molecule has 24 heavy (non-hydrogen) atoms. The largest absolute Gasteiger partial charge is 0.453 e. The normalized spacial score (nSPS) is 11.6. The molecule has 7 nitrogen and oxygen atoms in total. The average molecular weight is 335 g/mol. The second kappa shape index (κ2) is 5.80. The molecule has 0 saturated carbocycles. The molecule has 0 aliphatic heterocycles. The molecular weight excluding hydrogens is 323 g/mol. The number of nitrogens with two attached hydrogens (primary N) is 1. The Bertz CT molecular complexity index is 912. The van der Waals surface area contributed by atoms with Crippen LogP contribution in [0.2, 0.25) is 0 Å². The summed E-state index contributed by atoms with van der Waals surface area (Å²) in [6, 6.07) is 9.23. The van der Waals surface area contributed by atoms with Gasteiger partial charge in [0.1, 0.15) is 5.69 Å². The summed E-state index contributed by atoms with van der Waals surface area (Å²) in [5.74, 6) is 4.25. The number of benzene rings is 1. The molecule has 0 radical (unpaired) electrons. The molecular formula is C14H12F3N7. The van der Waals surface area contributed by atoms with Gasteiger partial charge in [0.15, 0.2) is 11.3 Å². The Labute approximate surface area is 133 Å². The minimum atomic E-state index is -4.66. The molecule has 4 N–H and O–H groups in total. The fourth-order valence-electron chi connectivity index (χ4n) is 2.10. The van der Waals surface area contributed by atoms with Crippen LogP contribution < -0.4 is 11.3 Å². The Kier molecular flexibility index (Phi) is 3.80. The van der Waals surface area contributed by atoms with E-state index in [1.165, 1.54) is 6.20 Å². The molecule has 0 saturated heterocycles. The van der Waals surface area contributed by atoms with Crippen LogP contribution in [-0.4, -0.2) is 24.8 Å². The number of nitrogens with one attached hydrogen (secondary N) is 2. The number of nitrogen functional groups attached to an aromatic ring is 1. The first-order valence-corrected chi connectivity index (χ1v) is 6.81. The summed E-state index contributed by atoms with van der Waals surface area (Å²) in [5.41, 5.74) is 1.23. The summed E-state index contributed by atoms with van der Waals surface area (Å²) in [6.45, 7) is 0. The van der Waals surface area contributed by atoms with Crippen molar-refractivity contribution >= 4 is 0 Å². The van der Waals surface area contributed by atoms with Crippen LogP contribution in [0.5, 0.6) is 0 Å². The number of aromatic nitrogens is 5. The lowest BCUT2D eigenvalue weighted by Crippen LogP contribution is -2.31. The highest BCUT2D eigenvalue weighted by Gasteiger charge is 2.36. The zero-order chi connectivity index (χ0) is 17.3. The van der Waals surface area contributed by atoms with Crippen LogP contribution in [0, 0.1) is 5.41 Å². The molecule has 0 unspecified atom stereocenters. The van der Waals surface area contributed by atoms with Gasteiger partial charge in [-0.2, -0.15) is 13.2 Å². The van der Waals surface area contributed by atoms with Crippen molar-refractivity contribution in [2.75, 3.05) is 5.84 Å². The Balaban J connectivity index is 2.01. The predicted octanol–water partition coefficient (Wildman–Crippen LogP) is 1.47. The second-order valence-corrected chi connectivity index (χ2v) is 5.00. The first-order valence-electron chi connectivity index (χ1n) is 6.81. The Morgan fingerprint density at radius 3 is 2.50 bits per heavy atom. The second-order valence-electron chi connectivity index (χ2n) is 5.00. The SMILES string of the molecule is N=c1c(Cc2ccccc2)nc(-c2nc(C(F)(F)F)n[nH]2)cn1N. The van der Waals surface area contributed by atoms with Gasteiger partial charge in [0, 0.05) is 6.42 Å². The first-order chi connectivity index (χ1) is 11.3. The number of hydrogen-bond donors (Lipinski definition) is 3. The molecule has 0 fully saturated rings. The lowest BCUT2D eigenvalue weighted by atomic mass is 10.1. The van der Waals surface area contributed by atoms with E-state index in [4.69, 9.17) is 11.3 Å². The van der Waals surface area contributed by atoms with Crippen molar-refractivity contribution in [1.29, 1.82) is 5.41 Å². The van der Waals surface area contributed by atoms with E-state index in [0.717, 1.165) is 10.2 Å². The van der Waals surface area contributed by atoms with Gasteiger partial charge in [-0.3, -0.25) is 10.5 Å². The highest BCUT2D eigenvalue weighted by Crippen LogP contribution is 2.27. The fraction of sp³-hybridized carbons (Fsp3) is 0.143. The van der Waals surface area contributed by atoms with E-state index in [1.54, 1.807) is 0 Å². The highest BCUT2D eigenvalue weighted by atomic mass is 19.4. The lowest BCUT2D eigenvalue weighted by Gasteiger charge is -2.07. The van der Waals surface area contributed by atoms with Crippen molar-refractivity contribution < 1.29 is 13.2 Å². The minimum Gasteiger partial charge on any atom is -0.338 e. The van der Waals surface area contributed by atoms with E-state index in [-0.39, 0.29) is 17.0 Å². The van der Waals surface area contributed by atoms with Crippen molar-refractivity contribution in [2.24, 2.45) is 0 Å². The smallest absolute Gasteiger partial charge is 0.338 e. The number of halogens is 3. The summed E-state index contributed by atoms with van der Waals surface area (Å²) in [4.78, 5) is 7.59. The van der Waals surface area contributed by atoms with Gasteiger partial charge in [-0.15, -0.1) is 5.10 Å². The van der Waals surface area contributed by atoms with Gasteiger partial charge in [0.05, 0.1) is 11.9 Å². The molecule has 0 bridgehead atoms. The molecule has 2 heterocycles. The average Bonchev–Trinajstić information content (AvgIpc) is 3.03. The summed E-state index contributed by atoms with van der Waals surface area (Å²) in [7, 11) is 0. The number of aromatic amines is 1. The molecule has 3 rings (SSSR count). The number of alkyl halides is 3. The third-order valence-corrected chi connectivity index (χ3v) is 3.24. The van der Waals surface area contributed by atoms with E-state index in [9.17, 15) is 13.2 Å². The maximum Gasteiger partial charge on any atom is 0.453 e. The molecule has 124 valence electrons. The van der Waals surface area contributed by atoms with Gasteiger partial charge < -0.3 is 5.84 Å². The van der Waals surface area contributed by atoms with Gasteiger partial charge in [0.2, 0.25) is 0 Å². The third-order valence-electron chi connectivity index (χ3n) is 3.24. The maximum absolute atomic E-state index is 12.6. The summed E-state index contributed by atoms with van der Waals surface area (Å²) in [5, 5.41) is 13.3. The number of H-pyrrole nitrogens is 1. The molecule has 1 aromatic carbocycles. The van der Waals surface area contributed by atoms with Crippen LogP contribution in [0.25, 0.3) is 11.5 Å². The molecule has 0 aliphatic rings. The minimum absolute atomic E-state index is 0.0434. The van der Waals surface area contributed by atoms with E-state index >= 15 is 0 Å². The predicted molar refractivity (Wildman–Crippen MR) is 77.9 cm³/mol. The number of nitrogens with zero attached hydrogens (tertiary/aromatic N) is 4. The van der Waals surface area contributed by atoms with Crippen LogP contribution in [0.3, 0.4) is 0 Å². The summed E-state index contributed by atoms with van der Waals surface area (Å²) in [6.07, 6.45) is -3.13. The van der Waals surface area contributed by atoms with Crippen LogP contribution in [0.15, 0.2) is 36.5 Å². The molecule has 0 atom stereocenters. The Morgan fingerprint density at radius 2 is 1.88 bits per heavy atom. The van der Waals surface area contributed by atoms with Crippen LogP contribution in [-0.2, 0) is 12.6 Å². The summed E-state index contributed by atoms with van der Waals surface area (Å²) >= 11 is 0. The van der Waals surface area contributed by atoms with Crippen molar-refractivity contribution in [2.45, 2.75) is 12.6 Å². The summed E-state index contributed by atoms with van der Waals surface area (Å²) < 4.78 is 38.8. The van der Waals surface area contributed by atoms with E-state index < -0.39 is 12.0 Å². The lowest BCUT2D eigenvalue weighted by molar-refractivity contribution is -0.144. The van der Waals surface area contributed by atoms with E-state index in [1.807, 2.05) is 30.3 Å². The Hall–Kier alpha value is -3.17. The topological polar surface area (TPSA) is 109 Å². The Morgan fingerprint density at radius 1 is 1.17 bits per heavy atom. The fourth-order valence-corrected chi connectivity index (χ4v) is 2.10. The number of rotatable bonds is 3. The van der Waals surface area contributed by atoms with Crippen molar-refractivity contribution in [3.63, 3.8) is 0 Å². The molecule has 0 spiro atoms. The van der Waals surface area contributed by atoms with Crippen molar-refractivity contribution in [3.8, 4) is 11.5 Å². The van der Waals surface area contributed by atoms with Crippen molar-refractivity contribution in [1.82, 2.24) is 24.8 Å². The zero-order valence-electron chi connectivity index (χ0n) is 12.2. The molecule has 10 heteroatoms. The van der Waals surface area contributed by atoms with Gasteiger partial charge >= 0.3 is 6.18 Å². The molecule has 3 aromatic rings. The highest BCUT2D eigenvalue weighted by molar-refractivity contribution is 5.47. The quantitative estimate of drug-likeness (QED) is 0.630. The van der Waals surface area contributed by atoms with Crippen LogP contribution in [0.1, 0.15) is 17.1 Å².